The van der Waals surface area contributed by atoms with Gasteiger partial charge in [0.2, 0.25) is 0 Å². The second-order valence-corrected chi connectivity index (χ2v) is 4.84. The van der Waals surface area contributed by atoms with Crippen LogP contribution < -0.4 is 0 Å². The van der Waals surface area contributed by atoms with Gasteiger partial charge in [-0.05, 0) is 26.9 Å². The van der Waals surface area contributed by atoms with Crippen LogP contribution in [0.5, 0.6) is 0 Å². The van der Waals surface area contributed by atoms with Gasteiger partial charge in [-0.1, -0.05) is 0 Å². The summed E-state index contributed by atoms with van der Waals surface area (Å²) in [5, 5.41) is 1.53. The fourth-order valence-corrected chi connectivity index (χ4v) is 2.83. The zero-order chi connectivity index (χ0) is 12.5. The molecule has 2 unspecified atom stereocenters. The van der Waals surface area contributed by atoms with Crippen LogP contribution in [0.2, 0.25) is 0 Å². The van der Waals surface area contributed by atoms with E-state index >= 15 is 0 Å². The standard InChI is InChI=1S/C11H19FN2O3/c1-3-16-10(15)17-14-6-9-11(7-12,8-14)4-5-13(9)2/h9H,3-8H2,1-2H3. The van der Waals surface area contributed by atoms with Gasteiger partial charge in [-0.3, -0.25) is 4.39 Å². The minimum Gasteiger partial charge on any atom is -0.433 e. The Bertz CT molecular complexity index is 302. The second-order valence-electron chi connectivity index (χ2n) is 4.84. The molecular formula is C11H19FN2O3. The van der Waals surface area contributed by atoms with E-state index in [1.54, 1.807) is 6.92 Å². The molecule has 2 aliphatic rings. The maximum Gasteiger partial charge on any atom is 0.527 e. The van der Waals surface area contributed by atoms with Crippen LogP contribution in [0.15, 0.2) is 0 Å². The van der Waals surface area contributed by atoms with Crippen molar-refractivity contribution >= 4 is 6.16 Å². The van der Waals surface area contributed by atoms with E-state index in [0.717, 1.165) is 13.0 Å². The molecule has 0 bridgehead atoms. The van der Waals surface area contributed by atoms with E-state index in [0.29, 0.717) is 13.1 Å². The zero-order valence-corrected chi connectivity index (χ0v) is 10.3. The van der Waals surface area contributed by atoms with Gasteiger partial charge in [0.1, 0.15) is 0 Å². The fraction of sp³-hybridized carbons (Fsp3) is 0.909. The van der Waals surface area contributed by atoms with Crippen molar-refractivity contribution in [2.45, 2.75) is 19.4 Å². The van der Waals surface area contributed by atoms with Crippen LogP contribution in [0.3, 0.4) is 0 Å². The van der Waals surface area contributed by atoms with Crippen LogP contribution in [-0.4, -0.2) is 62.1 Å². The number of hydroxylamine groups is 2. The minimum atomic E-state index is -0.705. The number of fused-ring (bicyclic) bond motifs is 1. The first-order valence-electron chi connectivity index (χ1n) is 5.97. The summed E-state index contributed by atoms with van der Waals surface area (Å²) in [6.07, 6.45) is 0.108. The Kier molecular flexibility index (Phi) is 3.53. The molecule has 0 aromatic heterocycles. The molecule has 17 heavy (non-hydrogen) atoms. The molecule has 2 aliphatic heterocycles. The summed E-state index contributed by atoms with van der Waals surface area (Å²) in [7, 11) is 1.98. The molecular weight excluding hydrogens is 227 g/mol. The van der Waals surface area contributed by atoms with Gasteiger partial charge in [-0.2, -0.15) is 0 Å². The molecule has 98 valence electrons. The van der Waals surface area contributed by atoms with Crippen LogP contribution in [0.1, 0.15) is 13.3 Å². The molecule has 2 heterocycles. The first-order valence-corrected chi connectivity index (χ1v) is 5.97. The van der Waals surface area contributed by atoms with Crippen molar-refractivity contribution in [3.63, 3.8) is 0 Å². The molecule has 6 heteroatoms. The molecule has 0 spiro atoms. The van der Waals surface area contributed by atoms with Gasteiger partial charge >= 0.3 is 6.16 Å². The Morgan fingerprint density at radius 3 is 2.94 bits per heavy atom. The lowest BCUT2D eigenvalue weighted by atomic mass is 9.84. The average Bonchev–Trinajstić information content (AvgIpc) is 2.78. The summed E-state index contributed by atoms with van der Waals surface area (Å²) >= 11 is 0. The van der Waals surface area contributed by atoms with Gasteiger partial charge in [0.15, 0.2) is 0 Å². The number of hydrogen-bond donors (Lipinski definition) is 0. The van der Waals surface area contributed by atoms with Gasteiger partial charge in [0, 0.05) is 18.0 Å². The summed E-state index contributed by atoms with van der Waals surface area (Å²) in [6, 6.07) is 0.127. The lowest BCUT2D eigenvalue weighted by Gasteiger charge is -2.25. The van der Waals surface area contributed by atoms with Crippen LogP contribution in [0, 0.1) is 5.41 Å². The van der Waals surface area contributed by atoms with Crippen molar-refractivity contribution in [1.29, 1.82) is 0 Å². The van der Waals surface area contributed by atoms with E-state index in [1.807, 2.05) is 7.05 Å². The van der Waals surface area contributed by atoms with Gasteiger partial charge in [-0.15, -0.1) is 5.06 Å². The monoisotopic (exact) mass is 246 g/mol. The second kappa shape index (κ2) is 4.78. The number of carbonyl (C=O) groups is 1. The summed E-state index contributed by atoms with van der Waals surface area (Å²) in [4.78, 5) is 18.4. The highest BCUT2D eigenvalue weighted by atomic mass is 19.1. The van der Waals surface area contributed by atoms with Gasteiger partial charge < -0.3 is 14.5 Å². The predicted octanol–water partition coefficient (Wildman–Crippen LogP) is 1.05. The van der Waals surface area contributed by atoms with E-state index in [2.05, 4.69) is 4.90 Å². The van der Waals surface area contributed by atoms with Crippen LogP contribution in [-0.2, 0) is 9.57 Å². The number of likely N-dealkylation sites (N-methyl/N-ethyl adjacent to an activating group) is 1. The SMILES string of the molecule is CCOC(=O)ON1CC2N(C)CCC2(CF)C1. The smallest absolute Gasteiger partial charge is 0.433 e. The van der Waals surface area contributed by atoms with Crippen molar-refractivity contribution in [1.82, 2.24) is 9.96 Å². The Morgan fingerprint density at radius 2 is 2.35 bits per heavy atom. The minimum absolute atomic E-state index is 0.127. The first-order chi connectivity index (χ1) is 8.11. The average molecular weight is 246 g/mol. The van der Waals surface area contributed by atoms with E-state index in [1.165, 1.54) is 5.06 Å². The lowest BCUT2D eigenvalue weighted by molar-refractivity contribution is -0.121. The van der Waals surface area contributed by atoms with E-state index in [4.69, 9.17) is 9.57 Å². The maximum absolute atomic E-state index is 13.3. The van der Waals surface area contributed by atoms with Crippen molar-refractivity contribution in [3.05, 3.63) is 0 Å². The quantitative estimate of drug-likeness (QED) is 0.696. The van der Waals surface area contributed by atoms with E-state index in [-0.39, 0.29) is 24.7 Å². The number of halogens is 1. The molecule has 0 aliphatic carbocycles. The molecule has 2 atom stereocenters. The maximum atomic E-state index is 13.3. The van der Waals surface area contributed by atoms with Crippen LogP contribution >= 0.6 is 0 Å². The van der Waals surface area contributed by atoms with Crippen LogP contribution in [0.25, 0.3) is 0 Å². The third kappa shape index (κ3) is 2.24. The van der Waals surface area contributed by atoms with E-state index < -0.39 is 6.16 Å². The molecule has 2 rings (SSSR count). The highest BCUT2D eigenvalue weighted by Gasteiger charge is 2.53. The third-order valence-electron chi connectivity index (χ3n) is 3.80. The molecule has 0 aromatic rings. The fourth-order valence-electron chi connectivity index (χ4n) is 2.83. The molecule has 2 saturated heterocycles. The number of ether oxygens (including phenoxy) is 1. The molecule has 2 fully saturated rings. The number of alkyl halides is 1. The Hall–Kier alpha value is -0.880. The first kappa shape index (κ1) is 12.6. The van der Waals surface area contributed by atoms with Crippen molar-refractivity contribution in [2.24, 2.45) is 5.41 Å². The summed E-state index contributed by atoms with van der Waals surface area (Å²) in [5.41, 5.74) is -0.374. The van der Waals surface area contributed by atoms with Gasteiger partial charge in [-0.25, -0.2) is 4.79 Å². The topological polar surface area (TPSA) is 42.0 Å². The van der Waals surface area contributed by atoms with E-state index in [9.17, 15) is 9.18 Å². The predicted molar refractivity (Wildman–Crippen MR) is 59.1 cm³/mol. The molecule has 0 amide bonds. The molecule has 0 N–H and O–H groups in total. The highest BCUT2D eigenvalue weighted by molar-refractivity contribution is 5.59. The van der Waals surface area contributed by atoms with Gasteiger partial charge in [0.25, 0.3) is 0 Å². The Morgan fingerprint density at radius 1 is 1.59 bits per heavy atom. The summed E-state index contributed by atoms with van der Waals surface area (Å²) < 4.78 is 18.0. The van der Waals surface area contributed by atoms with Crippen molar-refractivity contribution in [3.8, 4) is 0 Å². The number of carbonyl (C=O) groups excluding carboxylic acids is 1. The summed E-state index contributed by atoms with van der Waals surface area (Å²) in [6.45, 7) is 3.55. The largest absolute Gasteiger partial charge is 0.527 e. The molecule has 0 radical (unpaired) electrons. The normalized spacial score (nSPS) is 33.7. The summed E-state index contributed by atoms with van der Waals surface area (Å²) in [5.74, 6) is 0. The molecule has 5 nitrogen and oxygen atoms in total. The zero-order valence-electron chi connectivity index (χ0n) is 10.3. The van der Waals surface area contributed by atoms with Crippen LogP contribution in [0.4, 0.5) is 9.18 Å². The molecule has 0 saturated carbocycles. The number of likely N-dealkylation sites (tertiary alicyclic amines) is 1. The highest BCUT2D eigenvalue weighted by Crippen LogP contribution is 2.42. The van der Waals surface area contributed by atoms with Crippen molar-refractivity contribution in [2.75, 3.05) is 40.0 Å². The van der Waals surface area contributed by atoms with Gasteiger partial charge in [0.05, 0.1) is 19.8 Å². The lowest BCUT2D eigenvalue weighted by Crippen LogP contribution is -2.37. The third-order valence-corrected chi connectivity index (χ3v) is 3.80. The number of nitrogens with zero attached hydrogens (tertiary/aromatic N) is 2. The number of rotatable bonds is 3. The number of hydrogen-bond acceptors (Lipinski definition) is 5. The molecule has 0 aromatic carbocycles. The van der Waals surface area contributed by atoms with Crippen molar-refractivity contribution < 1.29 is 18.8 Å². The Labute approximate surface area is 100 Å². The Balaban J connectivity index is 1.96.